The standard InChI is InChI=1S/C12H13N3O3/c1-6-4-9(11(12(16)17)8(3)13-6)18-10-5-7(2)14-15-10/h4-5H,1-3H3,(H,14,15)(H,16,17). The van der Waals surface area contributed by atoms with E-state index in [1.54, 1.807) is 26.0 Å². The Labute approximate surface area is 104 Å². The first-order valence-corrected chi connectivity index (χ1v) is 5.39. The Balaban J connectivity index is 2.45. The molecule has 2 N–H and O–H groups in total. The van der Waals surface area contributed by atoms with Crippen molar-refractivity contribution in [2.45, 2.75) is 20.8 Å². The van der Waals surface area contributed by atoms with Crippen LogP contribution in [0.1, 0.15) is 27.4 Å². The molecule has 0 saturated heterocycles. The molecule has 0 aliphatic heterocycles. The number of ether oxygens (including phenoxy) is 1. The summed E-state index contributed by atoms with van der Waals surface area (Å²) < 4.78 is 5.49. The predicted molar refractivity (Wildman–Crippen MR) is 64.1 cm³/mol. The van der Waals surface area contributed by atoms with Crippen molar-refractivity contribution >= 4 is 5.97 Å². The second-order valence-electron chi connectivity index (χ2n) is 4.02. The molecular weight excluding hydrogens is 234 g/mol. The van der Waals surface area contributed by atoms with Crippen molar-refractivity contribution in [3.05, 3.63) is 34.8 Å². The topological polar surface area (TPSA) is 88.1 Å². The molecule has 2 rings (SSSR count). The van der Waals surface area contributed by atoms with E-state index in [9.17, 15) is 9.90 Å². The average molecular weight is 247 g/mol. The molecule has 0 fully saturated rings. The summed E-state index contributed by atoms with van der Waals surface area (Å²) in [6, 6.07) is 3.27. The number of rotatable bonds is 3. The van der Waals surface area contributed by atoms with Crippen LogP contribution >= 0.6 is 0 Å². The third-order valence-electron chi connectivity index (χ3n) is 2.40. The van der Waals surface area contributed by atoms with Crippen LogP contribution in [0.5, 0.6) is 11.6 Å². The molecule has 18 heavy (non-hydrogen) atoms. The summed E-state index contributed by atoms with van der Waals surface area (Å²) in [6.45, 7) is 5.25. The monoisotopic (exact) mass is 247 g/mol. The van der Waals surface area contributed by atoms with Gasteiger partial charge in [0.25, 0.3) is 0 Å². The van der Waals surface area contributed by atoms with Gasteiger partial charge in [-0.3, -0.25) is 10.1 Å². The molecule has 0 aliphatic carbocycles. The lowest BCUT2D eigenvalue weighted by molar-refractivity contribution is 0.0692. The Morgan fingerprint density at radius 2 is 2.06 bits per heavy atom. The fourth-order valence-electron chi connectivity index (χ4n) is 1.69. The fraction of sp³-hybridized carbons (Fsp3) is 0.250. The fourth-order valence-corrected chi connectivity index (χ4v) is 1.69. The number of carboxylic acid groups (broad SMARTS) is 1. The minimum Gasteiger partial charge on any atom is -0.477 e. The van der Waals surface area contributed by atoms with E-state index in [1.165, 1.54) is 0 Å². The van der Waals surface area contributed by atoms with Crippen LogP contribution in [0, 0.1) is 20.8 Å². The summed E-state index contributed by atoms with van der Waals surface area (Å²) in [4.78, 5) is 15.3. The Morgan fingerprint density at radius 3 is 2.61 bits per heavy atom. The summed E-state index contributed by atoms with van der Waals surface area (Å²) >= 11 is 0. The zero-order valence-electron chi connectivity index (χ0n) is 10.3. The largest absolute Gasteiger partial charge is 0.477 e. The molecule has 94 valence electrons. The third kappa shape index (κ3) is 2.32. The smallest absolute Gasteiger partial charge is 0.341 e. The lowest BCUT2D eigenvalue weighted by Crippen LogP contribution is -2.06. The van der Waals surface area contributed by atoms with Crippen molar-refractivity contribution in [2.75, 3.05) is 0 Å². The number of hydrogen-bond donors (Lipinski definition) is 2. The maximum atomic E-state index is 11.2. The van der Waals surface area contributed by atoms with Crippen molar-refractivity contribution < 1.29 is 14.6 Å². The molecule has 0 aliphatic rings. The number of pyridine rings is 1. The first kappa shape index (κ1) is 12.1. The highest BCUT2D eigenvalue weighted by Gasteiger charge is 2.18. The van der Waals surface area contributed by atoms with Crippen molar-refractivity contribution in [1.82, 2.24) is 15.2 Å². The molecule has 6 heteroatoms. The van der Waals surface area contributed by atoms with E-state index in [-0.39, 0.29) is 11.3 Å². The van der Waals surface area contributed by atoms with Crippen molar-refractivity contribution in [2.24, 2.45) is 0 Å². The number of aromatic amines is 1. The van der Waals surface area contributed by atoms with Gasteiger partial charge in [-0.05, 0) is 20.8 Å². The molecule has 2 heterocycles. The molecule has 2 aromatic heterocycles. The van der Waals surface area contributed by atoms with Crippen LogP contribution in [0.4, 0.5) is 0 Å². The first-order chi connectivity index (χ1) is 8.47. The van der Waals surface area contributed by atoms with Gasteiger partial charge in [0.05, 0.1) is 5.69 Å². The van der Waals surface area contributed by atoms with Crippen molar-refractivity contribution in [3.63, 3.8) is 0 Å². The van der Waals surface area contributed by atoms with E-state index >= 15 is 0 Å². The molecule has 0 saturated carbocycles. The number of aromatic carboxylic acids is 1. The zero-order valence-corrected chi connectivity index (χ0v) is 10.3. The Hall–Kier alpha value is -2.37. The highest BCUT2D eigenvalue weighted by molar-refractivity contribution is 5.92. The van der Waals surface area contributed by atoms with Gasteiger partial charge in [-0.15, -0.1) is 5.10 Å². The molecule has 2 aromatic rings. The molecule has 0 radical (unpaired) electrons. The minimum atomic E-state index is -1.07. The average Bonchev–Trinajstić information content (AvgIpc) is 2.62. The van der Waals surface area contributed by atoms with Crippen LogP contribution in [0.25, 0.3) is 0 Å². The highest BCUT2D eigenvalue weighted by Crippen LogP contribution is 2.27. The van der Waals surface area contributed by atoms with E-state index < -0.39 is 5.97 Å². The zero-order chi connectivity index (χ0) is 13.3. The number of carboxylic acids is 1. The number of hydrogen-bond acceptors (Lipinski definition) is 4. The molecule has 0 spiro atoms. The van der Waals surface area contributed by atoms with Gasteiger partial charge >= 0.3 is 5.97 Å². The van der Waals surface area contributed by atoms with Gasteiger partial charge in [-0.1, -0.05) is 0 Å². The lowest BCUT2D eigenvalue weighted by Gasteiger charge is -2.09. The second kappa shape index (κ2) is 4.48. The maximum absolute atomic E-state index is 11.2. The summed E-state index contributed by atoms with van der Waals surface area (Å²) in [6.07, 6.45) is 0. The Kier molecular flexibility index (Phi) is 3.01. The predicted octanol–water partition coefficient (Wildman–Crippen LogP) is 2.22. The minimum absolute atomic E-state index is 0.0567. The van der Waals surface area contributed by atoms with Crippen LogP contribution in [0.3, 0.4) is 0 Å². The van der Waals surface area contributed by atoms with E-state index in [0.29, 0.717) is 17.3 Å². The molecular formula is C12H13N3O3. The van der Waals surface area contributed by atoms with Gasteiger partial charge in [0.2, 0.25) is 5.88 Å². The Bertz CT molecular complexity index is 605. The second-order valence-corrected chi connectivity index (χ2v) is 4.02. The number of nitrogens with one attached hydrogen (secondary N) is 1. The van der Waals surface area contributed by atoms with Gasteiger partial charge in [0.1, 0.15) is 11.3 Å². The van der Waals surface area contributed by atoms with E-state index in [4.69, 9.17) is 4.74 Å². The van der Waals surface area contributed by atoms with Crippen LogP contribution in [-0.2, 0) is 0 Å². The van der Waals surface area contributed by atoms with Gasteiger partial charge in [0, 0.05) is 23.5 Å². The lowest BCUT2D eigenvalue weighted by atomic mass is 10.1. The van der Waals surface area contributed by atoms with Gasteiger partial charge < -0.3 is 9.84 Å². The van der Waals surface area contributed by atoms with Crippen molar-refractivity contribution in [3.8, 4) is 11.6 Å². The maximum Gasteiger partial charge on any atom is 0.341 e. The molecule has 0 atom stereocenters. The van der Waals surface area contributed by atoms with Gasteiger partial charge in [0.15, 0.2) is 0 Å². The summed E-state index contributed by atoms with van der Waals surface area (Å²) in [5, 5.41) is 15.8. The summed E-state index contributed by atoms with van der Waals surface area (Å²) in [5.41, 5.74) is 2.01. The van der Waals surface area contributed by atoms with Crippen molar-refractivity contribution in [1.29, 1.82) is 0 Å². The highest BCUT2D eigenvalue weighted by atomic mass is 16.5. The van der Waals surface area contributed by atoms with E-state index in [1.807, 2.05) is 6.92 Å². The number of carbonyl (C=O) groups is 1. The number of aromatic nitrogens is 3. The van der Waals surface area contributed by atoms with Crippen LogP contribution in [0.15, 0.2) is 12.1 Å². The van der Waals surface area contributed by atoms with E-state index in [0.717, 1.165) is 5.69 Å². The summed E-state index contributed by atoms with van der Waals surface area (Å²) in [7, 11) is 0. The first-order valence-electron chi connectivity index (χ1n) is 5.39. The van der Waals surface area contributed by atoms with Gasteiger partial charge in [-0.25, -0.2) is 4.79 Å². The molecule has 0 amide bonds. The molecule has 0 bridgehead atoms. The molecule has 0 unspecified atom stereocenters. The van der Waals surface area contributed by atoms with Crippen LogP contribution < -0.4 is 4.74 Å². The van der Waals surface area contributed by atoms with E-state index in [2.05, 4.69) is 15.2 Å². The number of nitrogens with zero attached hydrogens (tertiary/aromatic N) is 2. The Morgan fingerprint density at radius 1 is 1.33 bits per heavy atom. The normalized spacial score (nSPS) is 10.4. The van der Waals surface area contributed by atoms with Gasteiger partial charge in [-0.2, -0.15) is 0 Å². The number of H-pyrrole nitrogens is 1. The van der Waals surface area contributed by atoms with Crippen LogP contribution in [-0.4, -0.2) is 26.3 Å². The number of aryl methyl sites for hydroxylation is 3. The SMILES string of the molecule is Cc1cc(Oc2cc(C)[nH]n2)c(C(=O)O)c(C)n1. The quantitative estimate of drug-likeness (QED) is 0.868. The third-order valence-corrected chi connectivity index (χ3v) is 2.40. The summed E-state index contributed by atoms with van der Waals surface area (Å²) in [5.74, 6) is -0.485. The molecule has 0 aromatic carbocycles. The molecule has 6 nitrogen and oxygen atoms in total. The van der Waals surface area contributed by atoms with Crippen LogP contribution in [0.2, 0.25) is 0 Å².